The molecule has 1 aromatic carbocycles. The van der Waals surface area contributed by atoms with Crippen LogP contribution >= 0.6 is 0 Å². The quantitative estimate of drug-likeness (QED) is 0.616. The van der Waals surface area contributed by atoms with E-state index in [-0.39, 0.29) is 0 Å². The first-order valence-electron chi connectivity index (χ1n) is 4.21. The van der Waals surface area contributed by atoms with E-state index in [0.29, 0.717) is 5.56 Å². The average Bonchev–Trinajstić information content (AvgIpc) is 2.01. The zero-order valence-corrected chi connectivity index (χ0v) is 8.26. The van der Waals surface area contributed by atoms with Crippen LogP contribution in [0.5, 0.6) is 0 Å². The molecule has 0 unspecified atom stereocenters. The molecular formula is C11H14FN. The van der Waals surface area contributed by atoms with Crippen molar-refractivity contribution >= 4 is 12.4 Å². The van der Waals surface area contributed by atoms with E-state index in [1.807, 2.05) is 19.1 Å². The Bertz CT molecular complexity index is 323. The number of aliphatic imine (C=N–C) groups is 1. The summed E-state index contributed by atoms with van der Waals surface area (Å²) in [6, 6.07) is 5.43. The van der Waals surface area contributed by atoms with E-state index in [1.54, 1.807) is 6.07 Å². The molecule has 1 rings (SSSR count). The molecule has 0 amide bonds. The second-order valence-electron chi connectivity index (χ2n) is 3.69. The van der Waals surface area contributed by atoms with Crippen LogP contribution in [0.4, 0.5) is 10.1 Å². The van der Waals surface area contributed by atoms with E-state index < -0.39 is 5.67 Å². The van der Waals surface area contributed by atoms with E-state index in [2.05, 4.69) is 11.7 Å². The number of aryl methyl sites for hydroxylation is 1. The molecule has 0 saturated heterocycles. The van der Waals surface area contributed by atoms with Crippen molar-refractivity contribution in [2.45, 2.75) is 26.4 Å². The maximum atomic E-state index is 13.6. The summed E-state index contributed by atoms with van der Waals surface area (Å²) in [6.07, 6.45) is 0. The van der Waals surface area contributed by atoms with Crippen molar-refractivity contribution in [2.24, 2.45) is 4.99 Å². The fraction of sp³-hybridized carbons (Fsp3) is 0.364. The minimum absolute atomic E-state index is 0.648. The fourth-order valence-corrected chi connectivity index (χ4v) is 1.20. The monoisotopic (exact) mass is 179 g/mol. The standard InChI is InChI=1S/C11H14FN/c1-8-5-9(11(2,3)12)7-10(6-8)13-4/h5-7H,4H2,1-3H3. The largest absolute Gasteiger partial charge is 0.265 e. The van der Waals surface area contributed by atoms with Crippen molar-refractivity contribution < 1.29 is 4.39 Å². The fourth-order valence-electron chi connectivity index (χ4n) is 1.20. The summed E-state index contributed by atoms with van der Waals surface area (Å²) in [6.45, 7) is 8.42. The van der Waals surface area contributed by atoms with Crippen LogP contribution in [-0.2, 0) is 5.67 Å². The summed E-state index contributed by atoms with van der Waals surface area (Å²) in [5.41, 5.74) is 1.06. The van der Waals surface area contributed by atoms with Gasteiger partial charge in [-0.1, -0.05) is 6.07 Å². The third-order valence-electron chi connectivity index (χ3n) is 1.93. The Morgan fingerprint density at radius 2 is 1.92 bits per heavy atom. The van der Waals surface area contributed by atoms with Crippen molar-refractivity contribution in [3.8, 4) is 0 Å². The van der Waals surface area contributed by atoms with Gasteiger partial charge in [-0.3, -0.25) is 4.99 Å². The normalized spacial score (nSPS) is 11.4. The second kappa shape index (κ2) is 3.29. The maximum absolute atomic E-state index is 13.6. The zero-order chi connectivity index (χ0) is 10.1. The van der Waals surface area contributed by atoms with Gasteiger partial charge >= 0.3 is 0 Å². The summed E-state index contributed by atoms with van der Waals surface area (Å²) < 4.78 is 13.6. The smallest absolute Gasteiger partial charge is 0.130 e. The van der Waals surface area contributed by atoms with Gasteiger partial charge in [-0.05, 0) is 50.7 Å². The van der Waals surface area contributed by atoms with Crippen LogP contribution in [0, 0.1) is 6.92 Å². The molecule has 13 heavy (non-hydrogen) atoms. The Morgan fingerprint density at radius 1 is 1.31 bits per heavy atom. The van der Waals surface area contributed by atoms with Crippen LogP contribution in [0.2, 0.25) is 0 Å². The van der Waals surface area contributed by atoms with Crippen molar-refractivity contribution in [2.75, 3.05) is 0 Å². The van der Waals surface area contributed by atoms with Gasteiger partial charge in [0.2, 0.25) is 0 Å². The molecule has 0 aliphatic heterocycles. The Hall–Kier alpha value is -1.18. The number of rotatable bonds is 2. The molecule has 0 N–H and O–H groups in total. The van der Waals surface area contributed by atoms with Gasteiger partial charge < -0.3 is 0 Å². The molecule has 1 nitrogen and oxygen atoms in total. The SMILES string of the molecule is C=Nc1cc(C)cc(C(C)(C)F)c1. The van der Waals surface area contributed by atoms with Crippen LogP contribution in [0.15, 0.2) is 23.2 Å². The molecule has 0 saturated carbocycles. The van der Waals surface area contributed by atoms with Gasteiger partial charge in [-0.2, -0.15) is 0 Å². The number of halogens is 1. The highest BCUT2D eigenvalue weighted by atomic mass is 19.1. The molecule has 0 heterocycles. The van der Waals surface area contributed by atoms with Crippen LogP contribution in [-0.4, -0.2) is 6.72 Å². The molecule has 0 fully saturated rings. The molecule has 0 atom stereocenters. The Morgan fingerprint density at radius 3 is 2.38 bits per heavy atom. The summed E-state index contributed by atoms with van der Waals surface area (Å²) in [7, 11) is 0. The third kappa shape index (κ3) is 2.38. The minimum atomic E-state index is -1.31. The lowest BCUT2D eigenvalue weighted by Crippen LogP contribution is -2.08. The van der Waals surface area contributed by atoms with Crippen LogP contribution in [0.3, 0.4) is 0 Å². The van der Waals surface area contributed by atoms with E-state index in [0.717, 1.165) is 11.3 Å². The molecule has 0 radical (unpaired) electrons. The molecule has 0 aliphatic carbocycles. The third-order valence-corrected chi connectivity index (χ3v) is 1.93. The van der Waals surface area contributed by atoms with Gasteiger partial charge in [0.05, 0.1) is 5.69 Å². The van der Waals surface area contributed by atoms with Crippen molar-refractivity contribution in [3.05, 3.63) is 29.3 Å². The lowest BCUT2D eigenvalue weighted by molar-refractivity contribution is 0.221. The molecular weight excluding hydrogens is 165 g/mol. The van der Waals surface area contributed by atoms with Crippen molar-refractivity contribution in [3.63, 3.8) is 0 Å². The maximum Gasteiger partial charge on any atom is 0.130 e. The van der Waals surface area contributed by atoms with Crippen LogP contribution in [0.1, 0.15) is 25.0 Å². The predicted octanol–water partition coefficient (Wildman–Crippen LogP) is 3.53. The highest BCUT2D eigenvalue weighted by Crippen LogP contribution is 2.28. The van der Waals surface area contributed by atoms with Gasteiger partial charge in [-0.15, -0.1) is 0 Å². The number of alkyl halides is 1. The number of benzene rings is 1. The summed E-state index contributed by atoms with van der Waals surface area (Å²) in [4.78, 5) is 3.79. The number of nitrogens with zero attached hydrogens (tertiary/aromatic N) is 1. The predicted molar refractivity (Wildman–Crippen MR) is 54.5 cm³/mol. The van der Waals surface area contributed by atoms with Crippen molar-refractivity contribution in [1.29, 1.82) is 0 Å². The highest BCUT2D eigenvalue weighted by Gasteiger charge is 2.19. The molecule has 0 bridgehead atoms. The zero-order valence-electron chi connectivity index (χ0n) is 8.26. The first-order valence-corrected chi connectivity index (χ1v) is 4.21. The number of hydrogen-bond donors (Lipinski definition) is 0. The lowest BCUT2D eigenvalue weighted by atomic mass is 9.98. The van der Waals surface area contributed by atoms with Gasteiger partial charge in [0.25, 0.3) is 0 Å². The van der Waals surface area contributed by atoms with E-state index in [1.165, 1.54) is 13.8 Å². The van der Waals surface area contributed by atoms with Crippen LogP contribution in [0.25, 0.3) is 0 Å². The lowest BCUT2D eigenvalue weighted by Gasteiger charge is -2.15. The van der Waals surface area contributed by atoms with Gasteiger partial charge in [0.15, 0.2) is 0 Å². The molecule has 2 heteroatoms. The van der Waals surface area contributed by atoms with Gasteiger partial charge in [-0.25, -0.2) is 4.39 Å². The highest BCUT2D eigenvalue weighted by molar-refractivity contribution is 5.50. The average molecular weight is 179 g/mol. The summed E-state index contributed by atoms with van der Waals surface area (Å²) in [5.74, 6) is 0. The van der Waals surface area contributed by atoms with Crippen LogP contribution < -0.4 is 0 Å². The Balaban J connectivity index is 3.24. The summed E-state index contributed by atoms with van der Waals surface area (Å²) >= 11 is 0. The van der Waals surface area contributed by atoms with E-state index >= 15 is 0 Å². The Kier molecular flexibility index (Phi) is 2.50. The molecule has 1 aromatic rings. The molecule has 0 spiro atoms. The van der Waals surface area contributed by atoms with Crippen molar-refractivity contribution in [1.82, 2.24) is 0 Å². The summed E-state index contributed by atoms with van der Waals surface area (Å²) in [5, 5.41) is 0. The second-order valence-corrected chi connectivity index (χ2v) is 3.69. The van der Waals surface area contributed by atoms with Gasteiger partial charge in [0, 0.05) is 0 Å². The first kappa shape index (κ1) is 9.90. The van der Waals surface area contributed by atoms with E-state index in [9.17, 15) is 4.39 Å². The molecule has 70 valence electrons. The topological polar surface area (TPSA) is 12.4 Å². The molecule has 0 aromatic heterocycles. The minimum Gasteiger partial charge on any atom is -0.265 e. The number of hydrogen-bond acceptors (Lipinski definition) is 1. The molecule has 0 aliphatic rings. The Labute approximate surface area is 78.3 Å². The van der Waals surface area contributed by atoms with Gasteiger partial charge in [0.1, 0.15) is 5.67 Å². The van der Waals surface area contributed by atoms with E-state index in [4.69, 9.17) is 0 Å². The first-order chi connectivity index (χ1) is 5.93.